The minimum Gasteiger partial charge on any atom is -0.466 e. The molecule has 1 saturated heterocycles. The van der Waals surface area contributed by atoms with Crippen molar-refractivity contribution in [1.82, 2.24) is 10.6 Å². The van der Waals surface area contributed by atoms with E-state index < -0.39 is 71.2 Å². The number of amides is 2. The van der Waals surface area contributed by atoms with Crippen LogP contribution in [0, 0.1) is 0 Å². The predicted octanol–water partition coefficient (Wildman–Crippen LogP) is 6.56. The standard InChI is InChI=1S/C45H80N2O14/c1-12-13-27-55-35(50)23-21-19-17-15-14-16-18-20-22-34(49)47-42-39(46-32(2)48)41(57-30-26-38(53)61-45(9,10)11)40(56-29-25-37(52)60-44(6,7)8)33(58-42)31-54-28-24-36(51)59-43(3,4)5/h33,39-42H,12-31H2,1-11H3,(H,46,48)(H,47,49)/t33-,39-,40-,41?,42-/m1/s1. The number of esters is 4. The zero-order chi connectivity index (χ0) is 46.1. The van der Waals surface area contributed by atoms with Gasteiger partial charge >= 0.3 is 23.9 Å². The van der Waals surface area contributed by atoms with Gasteiger partial charge in [-0.05, 0) is 81.6 Å². The Hall–Kier alpha value is -3.34. The highest BCUT2D eigenvalue weighted by atomic mass is 16.6. The Bertz CT molecular complexity index is 1320. The first-order valence-electron chi connectivity index (χ1n) is 22.3. The Morgan fingerprint density at radius 3 is 1.46 bits per heavy atom. The number of carbonyl (C=O) groups is 6. The van der Waals surface area contributed by atoms with Crippen LogP contribution in [0.1, 0.15) is 172 Å². The number of hydrogen-bond donors (Lipinski definition) is 2. The molecule has 1 aliphatic heterocycles. The van der Waals surface area contributed by atoms with Crippen molar-refractivity contribution in [2.24, 2.45) is 0 Å². The van der Waals surface area contributed by atoms with Gasteiger partial charge in [-0.15, -0.1) is 0 Å². The molecule has 0 radical (unpaired) electrons. The van der Waals surface area contributed by atoms with Crippen LogP contribution in [0.3, 0.4) is 0 Å². The van der Waals surface area contributed by atoms with Crippen molar-refractivity contribution in [2.45, 2.75) is 220 Å². The van der Waals surface area contributed by atoms with Gasteiger partial charge in [0.1, 0.15) is 41.2 Å². The van der Waals surface area contributed by atoms with E-state index in [1.54, 1.807) is 62.3 Å². The van der Waals surface area contributed by atoms with Crippen LogP contribution in [0.15, 0.2) is 0 Å². The lowest BCUT2D eigenvalue weighted by atomic mass is 9.94. The Morgan fingerprint density at radius 1 is 0.525 bits per heavy atom. The minimum absolute atomic E-state index is 0.0104. The van der Waals surface area contributed by atoms with Crippen LogP contribution in [0.25, 0.3) is 0 Å². The van der Waals surface area contributed by atoms with Crippen LogP contribution in [0.5, 0.6) is 0 Å². The predicted molar refractivity (Wildman–Crippen MR) is 228 cm³/mol. The first-order valence-corrected chi connectivity index (χ1v) is 22.3. The first-order chi connectivity index (χ1) is 28.5. The molecule has 16 nitrogen and oxygen atoms in total. The number of nitrogens with one attached hydrogen (secondary N) is 2. The molecule has 1 unspecified atom stereocenters. The van der Waals surface area contributed by atoms with Gasteiger partial charge in [0.2, 0.25) is 11.8 Å². The molecule has 2 amide bonds. The van der Waals surface area contributed by atoms with E-state index in [-0.39, 0.29) is 64.0 Å². The average molecular weight is 873 g/mol. The van der Waals surface area contributed by atoms with Crippen LogP contribution in [0.2, 0.25) is 0 Å². The lowest BCUT2D eigenvalue weighted by molar-refractivity contribution is -0.233. The Morgan fingerprint density at radius 2 is 0.984 bits per heavy atom. The van der Waals surface area contributed by atoms with E-state index >= 15 is 0 Å². The molecule has 0 aromatic carbocycles. The van der Waals surface area contributed by atoms with Gasteiger partial charge in [-0.2, -0.15) is 0 Å². The van der Waals surface area contributed by atoms with Crippen molar-refractivity contribution in [3.05, 3.63) is 0 Å². The van der Waals surface area contributed by atoms with Crippen molar-refractivity contribution in [1.29, 1.82) is 0 Å². The highest BCUT2D eigenvalue weighted by Crippen LogP contribution is 2.27. The second-order valence-corrected chi connectivity index (χ2v) is 18.5. The SMILES string of the molecule is CCCCOC(=O)CCCCCCCCCCC(=O)N[C@@H]1O[C@H](COCCC(=O)OC(C)(C)C)[C@@H](OCCC(=O)OC(C)(C)C)C(OCCC(=O)OC(C)(C)C)[C@H]1NC(C)=O. The van der Waals surface area contributed by atoms with Crippen LogP contribution < -0.4 is 10.6 Å². The van der Waals surface area contributed by atoms with E-state index in [4.69, 9.17) is 37.9 Å². The summed E-state index contributed by atoms with van der Waals surface area (Å²) in [5.74, 6) is -2.29. The zero-order valence-corrected chi connectivity index (χ0v) is 39.2. The van der Waals surface area contributed by atoms with Crippen molar-refractivity contribution < 1.29 is 66.7 Å². The molecule has 1 heterocycles. The number of rotatable bonds is 29. The molecule has 2 N–H and O–H groups in total. The molecule has 16 heteroatoms. The largest absolute Gasteiger partial charge is 0.466 e. The van der Waals surface area contributed by atoms with E-state index in [1.807, 2.05) is 0 Å². The Kier molecular flexibility index (Phi) is 26.6. The highest BCUT2D eigenvalue weighted by molar-refractivity contribution is 5.77. The van der Waals surface area contributed by atoms with Gasteiger partial charge in [0, 0.05) is 19.8 Å². The van der Waals surface area contributed by atoms with Gasteiger partial charge in [-0.3, -0.25) is 28.8 Å². The van der Waals surface area contributed by atoms with E-state index in [0.717, 1.165) is 57.8 Å². The van der Waals surface area contributed by atoms with Gasteiger partial charge in [-0.1, -0.05) is 51.9 Å². The van der Waals surface area contributed by atoms with Crippen LogP contribution in [-0.2, 0) is 66.7 Å². The summed E-state index contributed by atoms with van der Waals surface area (Å²) in [4.78, 5) is 75.6. The van der Waals surface area contributed by atoms with E-state index in [1.165, 1.54) is 6.92 Å². The topological polar surface area (TPSA) is 200 Å². The first kappa shape index (κ1) is 55.7. The van der Waals surface area contributed by atoms with Gasteiger partial charge in [0.15, 0.2) is 6.23 Å². The van der Waals surface area contributed by atoms with Gasteiger partial charge in [-0.25, -0.2) is 0 Å². The van der Waals surface area contributed by atoms with Crippen molar-refractivity contribution in [3.63, 3.8) is 0 Å². The quantitative estimate of drug-likeness (QED) is 0.0465. The molecule has 0 aliphatic carbocycles. The molecule has 5 atom stereocenters. The van der Waals surface area contributed by atoms with Crippen LogP contribution >= 0.6 is 0 Å². The smallest absolute Gasteiger partial charge is 0.308 e. The van der Waals surface area contributed by atoms with Gasteiger partial charge in [0.25, 0.3) is 0 Å². The second kappa shape index (κ2) is 29.1. The summed E-state index contributed by atoms with van der Waals surface area (Å²) in [6.45, 7) is 19.4. The fourth-order valence-corrected chi connectivity index (χ4v) is 6.33. The Labute approximate surface area is 365 Å². The zero-order valence-electron chi connectivity index (χ0n) is 39.2. The lowest BCUT2D eigenvalue weighted by Gasteiger charge is -2.46. The van der Waals surface area contributed by atoms with Crippen molar-refractivity contribution in [3.8, 4) is 0 Å². The summed E-state index contributed by atoms with van der Waals surface area (Å²) in [5.41, 5.74) is -2.10. The number of carbonyl (C=O) groups excluding carboxylic acids is 6. The molecule has 0 aromatic heterocycles. The summed E-state index contributed by atoms with van der Waals surface area (Å²) < 4.78 is 46.5. The van der Waals surface area contributed by atoms with E-state index in [2.05, 4.69) is 17.6 Å². The molecule has 0 bridgehead atoms. The average Bonchev–Trinajstić information content (AvgIpc) is 3.10. The Balaban J connectivity index is 3.09. The highest BCUT2D eigenvalue weighted by Gasteiger charge is 2.48. The summed E-state index contributed by atoms with van der Waals surface area (Å²) in [5, 5.41) is 5.78. The number of hydrogen-bond acceptors (Lipinski definition) is 14. The minimum atomic E-state index is -1.10. The molecular weight excluding hydrogens is 792 g/mol. The maximum Gasteiger partial charge on any atom is 0.308 e. The van der Waals surface area contributed by atoms with E-state index in [0.29, 0.717) is 19.4 Å². The third kappa shape index (κ3) is 28.8. The number of unbranched alkanes of at least 4 members (excludes halogenated alkanes) is 8. The molecule has 1 aliphatic rings. The third-order valence-corrected chi connectivity index (χ3v) is 8.89. The normalized spacial score (nSPS) is 19.4. The molecule has 354 valence electrons. The van der Waals surface area contributed by atoms with Crippen LogP contribution in [0.4, 0.5) is 0 Å². The van der Waals surface area contributed by atoms with Gasteiger partial charge in [0.05, 0.1) is 52.3 Å². The fourth-order valence-electron chi connectivity index (χ4n) is 6.33. The van der Waals surface area contributed by atoms with Crippen molar-refractivity contribution in [2.75, 3.05) is 33.0 Å². The van der Waals surface area contributed by atoms with Crippen molar-refractivity contribution >= 4 is 35.7 Å². The third-order valence-electron chi connectivity index (χ3n) is 8.89. The molecule has 0 spiro atoms. The second-order valence-electron chi connectivity index (χ2n) is 18.5. The summed E-state index contributed by atoms with van der Waals surface area (Å²) in [6, 6.07) is -0.983. The maximum atomic E-state index is 13.4. The molecule has 61 heavy (non-hydrogen) atoms. The molecule has 0 saturated carbocycles. The molecular formula is C45H80N2O14. The summed E-state index contributed by atoms with van der Waals surface area (Å²) >= 11 is 0. The number of ether oxygens (including phenoxy) is 8. The summed E-state index contributed by atoms with van der Waals surface area (Å²) in [7, 11) is 0. The maximum absolute atomic E-state index is 13.4. The monoisotopic (exact) mass is 873 g/mol. The molecule has 1 rings (SSSR count). The van der Waals surface area contributed by atoms with E-state index in [9.17, 15) is 28.8 Å². The summed E-state index contributed by atoms with van der Waals surface area (Å²) in [6.07, 6.45) is 5.61. The molecule has 1 fully saturated rings. The lowest BCUT2D eigenvalue weighted by Crippen LogP contribution is -2.69. The fraction of sp³-hybridized carbons (Fsp3) is 0.867. The van der Waals surface area contributed by atoms with Crippen LogP contribution in [-0.4, -0.2) is 116 Å². The van der Waals surface area contributed by atoms with Gasteiger partial charge < -0.3 is 48.5 Å². The molecule has 0 aromatic rings.